The molecule has 9 nitrogen and oxygen atoms in total. The van der Waals surface area contributed by atoms with Gasteiger partial charge in [-0.1, -0.05) is 45.0 Å². The van der Waals surface area contributed by atoms with E-state index in [9.17, 15) is 18.5 Å². The Labute approximate surface area is 215 Å². The third-order valence-corrected chi connectivity index (χ3v) is 8.04. The van der Waals surface area contributed by atoms with Gasteiger partial charge in [-0.05, 0) is 37.1 Å². The van der Waals surface area contributed by atoms with Crippen LogP contribution in [0, 0.1) is 17.1 Å². The van der Waals surface area contributed by atoms with E-state index in [0.717, 1.165) is 11.6 Å². The number of hydrogen-bond acceptors (Lipinski definition) is 8. The summed E-state index contributed by atoms with van der Waals surface area (Å²) in [6, 6.07) is 10.1. The Morgan fingerprint density at radius 2 is 1.81 bits per heavy atom. The third-order valence-electron chi connectivity index (χ3n) is 6.25. The third kappa shape index (κ3) is 4.99. The Hall–Kier alpha value is -3.62. The summed E-state index contributed by atoms with van der Waals surface area (Å²) in [5.41, 5.74) is 6.09. The average Bonchev–Trinajstić information content (AvgIpc) is 3.31. The number of halogens is 1. The highest BCUT2D eigenvalue weighted by Crippen LogP contribution is 2.37. The molecule has 1 atom stereocenters. The minimum absolute atomic E-state index is 0.0220. The molecule has 0 spiro atoms. The maximum absolute atomic E-state index is 15.2. The van der Waals surface area contributed by atoms with Crippen LogP contribution in [0.2, 0.25) is 0 Å². The number of anilines is 1. The number of amides is 1. The molecule has 3 aromatic rings. The number of nitrogens with zero attached hydrogens (tertiary/aromatic N) is 4. The van der Waals surface area contributed by atoms with E-state index in [1.54, 1.807) is 38.1 Å². The fraction of sp³-hybridized carbons (Fsp3) is 0.385. The molecule has 37 heavy (non-hydrogen) atoms. The van der Waals surface area contributed by atoms with Crippen LogP contribution in [0.4, 0.5) is 10.1 Å². The largest absolute Gasteiger partial charge is 0.420 e. The summed E-state index contributed by atoms with van der Waals surface area (Å²) in [4.78, 5) is 14.2. The topological polar surface area (TPSA) is 143 Å². The monoisotopic (exact) mass is 525 g/mol. The molecular formula is C26H28FN5O4S. The molecule has 0 saturated heterocycles. The van der Waals surface area contributed by atoms with Gasteiger partial charge in [0.25, 0.3) is 5.89 Å². The number of nitriles is 1. The van der Waals surface area contributed by atoms with Crippen molar-refractivity contribution in [3.63, 3.8) is 0 Å². The molecule has 0 bridgehead atoms. The summed E-state index contributed by atoms with van der Waals surface area (Å²) < 4.78 is 47.0. The fourth-order valence-corrected chi connectivity index (χ4v) is 5.52. The van der Waals surface area contributed by atoms with E-state index < -0.39 is 44.2 Å². The minimum atomic E-state index is -4.08. The number of fused-ring (bicyclic) bond motifs is 1. The van der Waals surface area contributed by atoms with Crippen molar-refractivity contribution in [1.29, 1.82) is 5.26 Å². The average molecular weight is 526 g/mol. The zero-order valence-electron chi connectivity index (χ0n) is 21.2. The lowest BCUT2D eigenvalue weighted by Gasteiger charge is -2.25. The zero-order valence-corrected chi connectivity index (χ0v) is 22.1. The second kappa shape index (κ2) is 9.04. The highest BCUT2D eigenvalue weighted by Gasteiger charge is 2.37. The van der Waals surface area contributed by atoms with Crippen molar-refractivity contribution in [3.8, 4) is 17.5 Å². The van der Waals surface area contributed by atoms with Crippen LogP contribution in [-0.2, 0) is 32.0 Å². The van der Waals surface area contributed by atoms with E-state index in [2.05, 4.69) is 16.3 Å². The van der Waals surface area contributed by atoms with Gasteiger partial charge in [0.2, 0.25) is 11.8 Å². The van der Waals surface area contributed by atoms with E-state index in [4.69, 9.17) is 10.2 Å². The summed E-state index contributed by atoms with van der Waals surface area (Å²) >= 11 is 0. The lowest BCUT2D eigenvalue weighted by Crippen LogP contribution is -2.45. The summed E-state index contributed by atoms with van der Waals surface area (Å²) in [6.07, 6.45) is 0. The van der Waals surface area contributed by atoms with Crippen LogP contribution in [0.15, 0.2) is 45.7 Å². The molecule has 1 aliphatic rings. The first-order valence-electron chi connectivity index (χ1n) is 11.6. The molecule has 194 valence electrons. The number of hydrogen-bond donors (Lipinski definition) is 1. The predicted octanol–water partition coefficient (Wildman–Crippen LogP) is 3.62. The number of carbonyl (C=O) groups excluding carboxylic acids is 1. The quantitative estimate of drug-likeness (QED) is 0.544. The van der Waals surface area contributed by atoms with Gasteiger partial charge in [-0.25, -0.2) is 12.8 Å². The first-order valence-corrected chi connectivity index (χ1v) is 13.3. The van der Waals surface area contributed by atoms with E-state index in [-0.39, 0.29) is 34.5 Å². The number of nitrogens with two attached hydrogens (primary N) is 1. The van der Waals surface area contributed by atoms with Gasteiger partial charge in [0.05, 0.1) is 46.0 Å². The Morgan fingerprint density at radius 3 is 2.38 bits per heavy atom. The molecule has 2 heterocycles. The molecule has 1 amide bonds. The van der Waals surface area contributed by atoms with Crippen molar-refractivity contribution in [1.82, 2.24) is 10.2 Å². The molecule has 0 unspecified atom stereocenters. The fourth-order valence-electron chi connectivity index (χ4n) is 3.96. The molecule has 0 fully saturated rings. The van der Waals surface area contributed by atoms with Crippen molar-refractivity contribution in [3.05, 3.63) is 59.2 Å². The van der Waals surface area contributed by atoms with Gasteiger partial charge in [0.15, 0.2) is 9.84 Å². The van der Waals surface area contributed by atoms with Crippen molar-refractivity contribution >= 4 is 21.4 Å². The molecule has 0 saturated carbocycles. The number of carbonyl (C=O) groups is 1. The number of sulfone groups is 1. The number of rotatable bonds is 4. The van der Waals surface area contributed by atoms with Crippen LogP contribution in [0.25, 0.3) is 11.5 Å². The van der Waals surface area contributed by atoms with Gasteiger partial charge in [0, 0.05) is 5.41 Å². The lowest BCUT2D eigenvalue weighted by molar-refractivity contribution is -0.119. The minimum Gasteiger partial charge on any atom is -0.420 e. The van der Waals surface area contributed by atoms with Crippen LogP contribution in [0.1, 0.15) is 51.6 Å². The molecule has 2 aromatic carbocycles. The van der Waals surface area contributed by atoms with E-state index >= 15 is 4.39 Å². The second-order valence-electron chi connectivity index (χ2n) is 10.7. The number of aromatic nitrogens is 2. The van der Waals surface area contributed by atoms with Crippen molar-refractivity contribution < 1.29 is 22.0 Å². The normalized spacial score (nSPS) is 17.7. The van der Waals surface area contributed by atoms with Crippen molar-refractivity contribution in [2.45, 2.75) is 62.9 Å². The van der Waals surface area contributed by atoms with Crippen LogP contribution in [-0.4, -0.2) is 36.3 Å². The SMILES string of the molecule is CC(C)(C)c1nnc(-c2cc3c(cc2F)S(=O)(=O)C[C@H](N)C(=O)N3Cc2ccc(C(C)(C)C#N)cc2)o1. The van der Waals surface area contributed by atoms with Crippen molar-refractivity contribution in [2.24, 2.45) is 5.73 Å². The lowest BCUT2D eigenvalue weighted by atomic mass is 9.86. The second-order valence-corrected chi connectivity index (χ2v) is 12.7. The molecule has 0 aliphatic carbocycles. The molecular weight excluding hydrogens is 497 g/mol. The van der Waals surface area contributed by atoms with Crippen LogP contribution in [0.3, 0.4) is 0 Å². The smallest absolute Gasteiger partial charge is 0.250 e. The van der Waals surface area contributed by atoms with Gasteiger partial charge >= 0.3 is 0 Å². The highest BCUT2D eigenvalue weighted by atomic mass is 32.2. The summed E-state index contributed by atoms with van der Waals surface area (Å²) in [5, 5.41) is 17.3. The molecule has 2 N–H and O–H groups in total. The maximum atomic E-state index is 15.2. The molecule has 1 aromatic heterocycles. The maximum Gasteiger partial charge on any atom is 0.250 e. The molecule has 11 heteroatoms. The summed E-state index contributed by atoms with van der Waals surface area (Å²) in [7, 11) is -4.08. The molecule has 0 radical (unpaired) electrons. The van der Waals surface area contributed by atoms with Gasteiger partial charge in [-0.2, -0.15) is 5.26 Å². The first-order chi connectivity index (χ1) is 17.1. The van der Waals surface area contributed by atoms with Crippen LogP contribution in [0.5, 0.6) is 0 Å². The van der Waals surface area contributed by atoms with Gasteiger partial charge in [-0.15, -0.1) is 10.2 Å². The summed E-state index contributed by atoms with van der Waals surface area (Å²) in [5.74, 6) is -2.01. The van der Waals surface area contributed by atoms with E-state index in [1.807, 2.05) is 20.8 Å². The van der Waals surface area contributed by atoms with Crippen molar-refractivity contribution in [2.75, 3.05) is 10.7 Å². The Bertz CT molecular complexity index is 1520. The van der Waals surface area contributed by atoms with Gasteiger partial charge < -0.3 is 15.1 Å². The van der Waals surface area contributed by atoms with Crippen LogP contribution < -0.4 is 10.6 Å². The Kier molecular flexibility index (Phi) is 6.46. The van der Waals surface area contributed by atoms with Crippen LogP contribution >= 0.6 is 0 Å². The standard InChI is InChI=1S/C26H28FN5O4S/c1-25(2,3)24-31-30-22(36-24)17-10-20-21(11-18(17)27)37(34,35)13-19(29)23(33)32(20)12-15-6-8-16(9-7-15)26(4,5)14-28/h6-11,19H,12-13,29H2,1-5H3/t19-/m0/s1. The van der Waals surface area contributed by atoms with E-state index in [0.29, 0.717) is 5.56 Å². The zero-order chi connectivity index (χ0) is 27.3. The number of benzene rings is 2. The van der Waals surface area contributed by atoms with Gasteiger partial charge in [0.1, 0.15) is 5.82 Å². The van der Waals surface area contributed by atoms with E-state index in [1.165, 1.54) is 11.0 Å². The molecule has 1 aliphatic heterocycles. The molecule has 4 rings (SSSR count). The first kappa shape index (κ1) is 26.4. The predicted molar refractivity (Wildman–Crippen MR) is 135 cm³/mol. The summed E-state index contributed by atoms with van der Waals surface area (Å²) in [6.45, 7) is 9.13. The Morgan fingerprint density at radius 1 is 1.16 bits per heavy atom. The Balaban J connectivity index is 1.84. The van der Waals surface area contributed by atoms with Gasteiger partial charge in [-0.3, -0.25) is 4.79 Å². The highest BCUT2D eigenvalue weighted by molar-refractivity contribution is 7.91.